The Balaban J connectivity index is 3.39. The standard InChI is InChI=1S/C10H9F3O3/c1-5-3-6(10(11,12)13)4-7(8(5)14)9(15)16-2/h3-4,14H,1-2H3. The molecule has 0 saturated heterocycles. The molecular weight excluding hydrogens is 225 g/mol. The maximum atomic E-state index is 12.4. The lowest BCUT2D eigenvalue weighted by Crippen LogP contribution is -2.09. The maximum Gasteiger partial charge on any atom is 0.416 e. The number of carbonyl (C=O) groups excluding carboxylic acids is 1. The first-order valence-corrected chi connectivity index (χ1v) is 4.26. The third-order valence-electron chi connectivity index (χ3n) is 2.03. The molecule has 1 N–H and O–H groups in total. The summed E-state index contributed by atoms with van der Waals surface area (Å²) in [6.45, 7) is 1.27. The molecule has 0 radical (unpaired) electrons. The first kappa shape index (κ1) is 12.4. The van der Waals surface area contributed by atoms with Crippen molar-refractivity contribution in [1.29, 1.82) is 0 Å². The molecule has 16 heavy (non-hydrogen) atoms. The van der Waals surface area contributed by atoms with Crippen molar-refractivity contribution in [3.63, 3.8) is 0 Å². The minimum atomic E-state index is -4.57. The number of phenols is 1. The fourth-order valence-electron chi connectivity index (χ4n) is 1.21. The van der Waals surface area contributed by atoms with Gasteiger partial charge in [0.2, 0.25) is 0 Å². The Kier molecular flexibility index (Phi) is 3.11. The van der Waals surface area contributed by atoms with Crippen LogP contribution in [0.1, 0.15) is 21.5 Å². The zero-order valence-corrected chi connectivity index (χ0v) is 8.55. The number of rotatable bonds is 1. The SMILES string of the molecule is COC(=O)c1cc(C(F)(F)F)cc(C)c1O. The molecule has 6 heteroatoms. The Hall–Kier alpha value is -1.72. The number of alkyl halides is 3. The van der Waals surface area contributed by atoms with E-state index in [9.17, 15) is 23.1 Å². The van der Waals surface area contributed by atoms with E-state index in [1.54, 1.807) is 0 Å². The average Bonchev–Trinajstić information content (AvgIpc) is 2.19. The molecule has 0 aliphatic heterocycles. The molecule has 88 valence electrons. The molecule has 1 rings (SSSR count). The van der Waals surface area contributed by atoms with E-state index in [0.717, 1.165) is 13.2 Å². The maximum absolute atomic E-state index is 12.4. The highest BCUT2D eigenvalue weighted by Gasteiger charge is 2.32. The first-order valence-electron chi connectivity index (χ1n) is 4.26. The lowest BCUT2D eigenvalue weighted by atomic mass is 10.0. The van der Waals surface area contributed by atoms with Crippen LogP contribution in [0.5, 0.6) is 5.75 Å². The molecule has 0 saturated carbocycles. The van der Waals surface area contributed by atoms with E-state index in [-0.39, 0.29) is 5.56 Å². The van der Waals surface area contributed by atoms with E-state index in [2.05, 4.69) is 4.74 Å². The molecule has 0 aromatic heterocycles. The molecule has 3 nitrogen and oxygen atoms in total. The van der Waals surface area contributed by atoms with Gasteiger partial charge in [-0.2, -0.15) is 13.2 Å². The van der Waals surface area contributed by atoms with E-state index < -0.39 is 29.0 Å². The van der Waals surface area contributed by atoms with Gasteiger partial charge in [0.05, 0.1) is 12.7 Å². The Labute approximate surface area is 89.5 Å². The fourth-order valence-corrected chi connectivity index (χ4v) is 1.21. The van der Waals surface area contributed by atoms with E-state index >= 15 is 0 Å². The summed E-state index contributed by atoms with van der Waals surface area (Å²) in [6, 6.07) is 1.33. The third kappa shape index (κ3) is 2.26. The highest BCUT2D eigenvalue weighted by Crippen LogP contribution is 2.34. The molecule has 0 unspecified atom stereocenters. The van der Waals surface area contributed by atoms with Crippen molar-refractivity contribution >= 4 is 5.97 Å². The molecule has 0 aliphatic rings. The smallest absolute Gasteiger partial charge is 0.416 e. The van der Waals surface area contributed by atoms with Crippen molar-refractivity contribution < 1.29 is 27.8 Å². The summed E-state index contributed by atoms with van der Waals surface area (Å²) in [5.74, 6) is -1.51. The minimum Gasteiger partial charge on any atom is -0.507 e. The summed E-state index contributed by atoms with van der Waals surface area (Å²) in [6.07, 6.45) is -4.57. The summed E-state index contributed by atoms with van der Waals surface area (Å²) in [5.41, 5.74) is -1.52. The van der Waals surface area contributed by atoms with Crippen molar-refractivity contribution in [3.8, 4) is 5.75 Å². The van der Waals surface area contributed by atoms with Gasteiger partial charge in [-0.25, -0.2) is 4.79 Å². The number of hydrogen-bond donors (Lipinski definition) is 1. The topological polar surface area (TPSA) is 46.5 Å². The van der Waals surface area contributed by atoms with Crippen molar-refractivity contribution in [2.45, 2.75) is 13.1 Å². The molecule has 0 atom stereocenters. The first-order chi connectivity index (χ1) is 7.27. The van der Waals surface area contributed by atoms with Gasteiger partial charge in [-0.15, -0.1) is 0 Å². The number of benzene rings is 1. The summed E-state index contributed by atoms with van der Waals surface area (Å²) >= 11 is 0. The van der Waals surface area contributed by atoms with Gasteiger partial charge in [-0.3, -0.25) is 0 Å². The molecule has 1 aromatic rings. The lowest BCUT2D eigenvalue weighted by molar-refractivity contribution is -0.137. The van der Waals surface area contributed by atoms with E-state index in [0.29, 0.717) is 6.07 Å². The van der Waals surface area contributed by atoms with E-state index in [1.807, 2.05) is 0 Å². The molecule has 0 aliphatic carbocycles. The van der Waals surface area contributed by atoms with Crippen molar-refractivity contribution in [3.05, 3.63) is 28.8 Å². The fraction of sp³-hybridized carbons (Fsp3) is 0.300. The molecule has 1 aromatic carbocycles. The minimum absolute atomic E-state index is 0.0322. The predicted molar refractivity (Wildman–Crippen MR) is 49.2 cm³/mol. The van der Waals surface area contributed by atoms with Crippen LogP contribution >= 0.6 is 0 Å². The van der Waals surface area contributed by atoms with Crippen molar-refractivity contribution in [1.82, 2.24) is 0 Å². The van der Waals surface area contributed by atoms with Crippen LogP contribution < -0.4 is 0 Å². The van der Waals surface area contributed by atoms with Crippen LogP contribution in [0.3, 0.4) is 0 Å². The molecule has 0 fully saturated rings. The monoisotopic (exact) mass is 234 g/mol. The summed E-state index contributed by atoms with van der Waals surface area (Å²) in [7, 11) is 1.03. The van der Waals surface area contributed by atoms with Gasteiger partial charge < -0.3 is 9.84 Å². The summed E-state index contributed by atoms with van der Waals surface area (Å²) in [5, 5.41) is 9.42. The van der Waals surface area contributed by atoms with Crippen LogP contribution in [0.25, 0.3) is 0 Å². The van der Waals surface area contributed by atoms with Crippen molar-refractivity contribution in [2.75, 3.05) is 7.11 Å². The van der Waals surface area contributed by atoms with Crippen molar-refractivity contribution in [2.24, 2.45) is 0 Å². The largest absolute Gasteiger partial charge is 0.507 e. The number of hydrogen-bond acceptors (Lipinski definition) is 3. The molecule has 0 bridgehead atoms. The second-order valence-electron chi connectivity index (χ2n) is 3.18. The summed E-state index contributed by atoms with van der Waals surface area (Å²) < 4.78 is 41.5. The quantitative estimate of drug-likeness (QED) is 0.759. The number of aryl methyl sites for hydroxylation is 1. The Morgan fingerprint density at radius 2 is 1.94 bits per heavy atom. The van der Waals surface area contributed by atoms with E-state index in [4.69, 9.17) is 0 Å². The Bertz CT molecular complexity index is 424. The predicted octanol–water partition coefficient (Wildman–Crippen LogP) is 2.51. The van der Waals surface area contributed by atoms with Crippen LogP contribution in [0.2, 0.25) is 0 Å². The normalized spacial score (nSPS) is 11.3. The Morgan fingerprint density at radius 1 is 1.38 bits per heavy atom. The van der Waals surface area contributed by atoms with Gasteiger partial charge in [-0.1, -0.05) is 0 Å². The highest BCUT2D eigenvalue weighted by atomic mass is 19.4. The highest BCUT2D eigenvalue weighted by molar-refractivity contribution is 5.93. The summed E-state index contributed by atoms with van der Waals surface area (Å²) in [4.78, 5) is 11.1. The van der Waals surface area contributed by atoms with Crippen LogP contribution in [-0.4, -0.2) is 18.2 Å². The zero-order chi connectivity index (χ0) is 12.5. The van der Waals surface area contributed by atoms with E-state index in [1.165, 1.54) is 6.92 Å². The number of aromatic hydroxyl groups is 1. The number of methoxy groups -OCH3 is 1. The van der Waals surface area contributed by atoms with Gasteiger partial charge >= 0.3 is 12.1 Å². The molecule has 0 spiro atoms. The van der Waals surface area contributed by atoms with Gasteiger partial charge in [0.15, 0.2) is 0 Å². The number of halogens is 3. The number of esters is 1. The Morgan fingerprint density at radius 3 is 2.38 bits per heavy atom. The van der Waals surface area contributed by atoms with Crippen LogP contribution in [0.4, 0.5) is 13.2 Å². The van der Waals surface area contributed by atoms with Crippen LogP contribution in [-0.2, 0) is 10.9 Å². The molecule has 0 amide bonds. The van der Waals surface area contributed by atoms with Gasteiger partial charge in [0, 0.05) is 0 Å². The molecule has 0 heterocycles. The van der Waals surface area contributed by atoms with Gasteiger partial charge in [-0.05, 0) is 24.6 Å². The number of phenolic OH excluding ortho intramolecular Hbond substituents is 1. The van der Waals surface area contributed by atoms with Gasteiger partial charge in [0.25, 0.3) is 0 Å². The third-order valence-corrected chi connectivity index (χ3v) is 2.03. The lowest BCUT2D eigenvalue weighted by Gasteiger charge is -2.11. The van der Waals surface area contributed by atoms with Crippen LogP contribution in [0, 0.1) is 6.92 Å². The second kappa shape index (κ2) is 4.03. The van der Waals surface area contributed by atoms with Crippen LogP contribution in [0.15, 0.2) is 12.1 Å². The average molecular weight is 234 g/mol. The number of carbonyl (C=O) groups is 1. The number of ether oxygens (including phenoxy) is 1. The molecular formula is C10H9F3O3. The second-order valence-corrected chi connectivity index (χ2v) is 3.18. The van der Waals surface area contributed by atoms with Gasteiger partial charge in [0.1, 0.15) is 11.3 Å². The zero-order valence-electron chi connectivity index (χ0n) is 8.55.